The van der Waals surface area contributed by atoms with E-state index < -0.39 is 0 Å². The van der Waals surface area contributed by atoms with Crippen LogP contribution in [-0.2, 0) is 6.42 Å². The topological polar surface area (TPSA) is 46.2 Å². The second-order valence-electron chi connectivity index (χ2n) is 4.04. The maximum absolute atomic E-state index is 13.0. The van der Waals surface area contributed by atoms with Crippen LogP contribution in [0.1, 0.15) is 17.2 Å². The summed E-state index contributed by atoms with van der Waals surface area (Å²) in [5, 5.41) is 9.34. The summed E-state index contributed by atoms with van der Waals surface area (Å²) in [5.41, 5.74) is 7.69. The van der Waals surface area contributed by atoms with E-state index in [1.165, 1.54) is 12.1 Å². The normalized spacial score (nSPS) is 12.4. The smallest absolute Gasteiger partial charge is 0.123 e. The third-order valence-corrected chi connectivity index (χ3v) is 2.64. The van der Waals surface area contributed by atoms with Crippen LogP contribution in [0.25, 0.3) is 0 Å². The number of nitrogens with two attached hydrogens (primary N) is 1. The van der Waals surface area contributed by atoms with Crippen LogP contribution >= 0.6 is 0 Å². The lowest BCUT2D eigenvalue weighted by atomic mass is 9.99. The van der Waals surface area contributed by atoms with Gasteiger partial charge in [-0.25, -0.2) is 4.39 Å². The zero-order valence-electron chi connectivity index (χ0n) is 9.31. The van der Waals surface area contributed by atoms with Gasteiger partial charge in [0.1, 0.15) is 11.6 Å². The second-order valence-corrected chi connectivity index (χ2v) is 4.04. The predicted octanol–water partition coefficient (Wildman–Crippen LogP) is 2.77. The maximum atomic E-state index is 13.0. The van der Waals surface area contributed by atoms with Crippen molar-refractivity contribution in [1.82, 2.24) is 0 Å². The molecule has 0 aliphatic rings. The zero-order chi connectivity index (χ0) is 12.3. The van der Waals surface area contributed by atoms with Crippen LogP contribution in [-0.4, -0.2) is 5.11 Å². The van der Waals surface area contributed by atoms with Gasteiger partial charge in [-0.2, -0.15) is 0 Å². The van der Waals surface area contributed by atoms with Crippen LogP contribution in [0.15, 0.2) is 48.5 Å². The SMILES string of the molecule is NC(Cc1cccc(O)c1)c1cccc(F)c1. The Hall–Kier alpha value is -1.87. The lowest BCUT2D eigenvalue weighted by molar-refractivity contribution is 0.474. The van der Waals surface area contributed by atoms with Crippen molar-refractivity contribution in [3.8, 4) is 5.75 Å². The minimum Gasteiger partial charge on any atom is -0.508 e. The van der Waals surface area contributed by atoms with Crippen LogP contribution in [0.2, 0.25) is 0 Å². The molecule has 0 heterocycles. The van der Waals surface area contributed by atoms with E-state index in [0.29, 0.717) is 6.42 Å². The number of phenols is 1. The number of phenolic OH excluding ortho intramolecular Hbond substituents is 1. The van der Waals surface area contributed by atoms with Gasteiger partial charge in [-0.05, 0) is 41.8 Å². The van der Waals surface area contributed by atoms with Crippen LogP contribution in [0.3, 0.4) is 0 Å². The molecule has 0 fully saturated rings. The number of halogens is 1. The first kappa shape index (κ1) is 11.6. The van der Waals surface area contributed by atoms with Crippen LogP contribution in [0.4, 0.5) is 4.39 Å². The molecule has 0 radical (unpaired) electrons. The van der Waals surface area contributed by atoms with Gasteiger partial charge in [0.15, 0.2) is 0 Å². The van der Waals surface area contributed by atoms with Crippen molar-refractivity contribution in [3.05, 3.63) is 65.5 Å². The highest BCUT2D eigenvalue weighted by molar-refractivity contribution is 5.29. The highest BCUT2D eigenvalue weighted by Gasteiger charge is 2.08. The van der Waals surface area contributed by atoms with E-state index in [1.54, 1.807) is 30.3 Å². The molecule has 0 aliphatic heterocycles. The van der Waals surface area contributed by atoms with E-state index in [2.05, 4.69) is 0 Å². The molecule has 0 saturated carbocycles. The molecule has 0 amide bonds. The quantitative estimate of drug-likeness (QED) is 0.853. The molecular formula is C14H14FNO. The molecule has 2 aromatic carbocycles. The molecule has 0 spiro atoms. The first-order chi connectivity index (χ1) is 8.15. The number of hydrogen-bond acceptors (Lipinski definition) is 2. The predicted molar refractivity (Wildman–Crippen MR) is 65.1 cm³/mol. The van der Waals surface area contributed by atoms with Gasteiger partial charge in [0.25, 0.3) is 0 Å². The van der Waals surface area contributed by atoms with Gasteiger partial charge >= 0.3 is 0 Å². The van der Waals surface area contributed by atoms with Crippen molar-refractivity contribution in [2.75, 3.05) is 0 Å². The lowest BCUT2D eigenvalue weighted by Gasteiger charge is -2.12. The first-order valence-electron chi connectivity index (χ1n) is 5.44. The molecule has 3 heteroatoms. The van der Waals surface area contributed by atoms with Gasteiger partial charge in [-0.3, -0.25) is 0 Å². The van der Waals surface area contributed by atoms with E-state index in [-0.39, 0.29) is 17.6 Å². The molecular weight excluding hydrogens is 217 g/mol. The Balaban J connectivity index is 2.14. The van der Waals surface area contributed by atoms with Crippen molar-refractivity contribution in [2.45, 2.75) is 12.5 Å². The number of benzene rings is 2. The second kappa shape index (κ2) is 4.97. The van der Waals surface area contributed by atoms with E-state index in [4.69, 9.17) is 5.73 Å². The third kappa shape index (κ3) is 3.04. The van der Waals surface area contributed by atoms with Crippen molar-refractivity contribution in [1.29, 1.82) is 0 Å². The maximum Gasteiger partial charge on any atom is 0.123 e. The average Bonchev–Trinajstić information content (AvgIpc) is 2.29. The fraction of sp³-hybridized carbons (Fsp3) is 0.143. The Labute approximate surface area is 99.5 Å². The highest BCUT2D eigenvalue weighted by atomic mass is 19.1. The average molecular weight is 231 g/mol. The monoisotopic (exact) mass is 231 g/mol. The summed E-state index contributed by atoms with van der Waals surface area (Å²) in [6.07, 6.45) is 0.567. The Morgan fingerprint density at radius 3 is 2.59 bits per heavy atom. The summed E-state index contributed by atoms with van der Waals surface area (Å²) in [6, 6.07) is 12.9. The zero-order valence-corrected chi connectivity index (χ0v) is 9.31. The van der Waals surface area contributed by atoms with Crippen molar-refractivity contribution >= 4 is 0 Å². The molecule has 0 aromatic heterocycles. The summed E-state index contributed by atoms with van der Waals surface area (Å²) in [7, 11) is 0. The molecule has 1 unspecified atom stereocenters. The van der Waals surface area contributed by atoms with E-state index in [1.807, 2.05) is 6.07 Å². The van der Waals surface area contributed by atoms with Crippen LogP contribution < -0.4 is 5.73 Å². The minimum atomic E-state index is -0.283. The van der Waals surface area contributed by atoms with Gasteiger partial charge in [-0.15, -0.1) is 0 Å². The Kier molecular flexibility index (Phi) is 3.40. The largest absolute Gasteiger partial charge is 0.508 e. The van der Waals surface area contributed by atoms with E-state index in [0.717, 1.165) is 11.1 Å². The van der Waals surface area contributed by atoms with Gasteiger partial charge in [0.05, 0.1) is 0 Å². The molecule has 2 aromatic rings. The molecule has 0 saturated heterocycles. The third-order valence-electron chi connectivity index (χ3n) is 2.64. The molecule has 2 nitrogen and oxygen atoms in total. The Morgan fingerprint density at radius 2 is 1.88 bits per heavy atom. The lowest BCUT2D eigenvalue weighted by Crippen LogP contribution is -2.13. The number of rotatable bonds is 3. The van der Waals surface area contributed by atoms with Gasteiger partial charge in [0, 0.05) is 6.04 Å². The molecule has 3 N–H and O–H groups in total. The molecule has 2 rings (SSSR count). The first-order valence-corrected chi connectivity index (χ1v) is 5.44. The van der Waals surface area contributed by atoms with Crippen molar-refractivity contribution < 1.29 is 9.50 Å². The summed E-state index contributed by atoms with van der Waals surface area (Å²) >= 11 is 0. The number of hydrogen-bond donors (Lipinski definition) is 2. The molecule has 0 bridgehead atoms. The van der Waals surface area contributed by atoms with E-state index >= 15 is 0 Å². The van der Waals surface area contributed by atoms with Gasteiger partial charge < -0.3 is 10.8 Å². The Bertz CT molecular complexity index is 513. The Morgan fingerprint density at radius 1 is 1.12 bits per heavy atom. The fourth-order valence-corrected chi connectivity index (χ4v) is 1.79. The van der Waals surface area contributed by atoms with Crippen molar-refractivity contribution in [2.24, 2.45) is 5.73 Å². The van der Waals surface area contributed by atoms with Gasteiger partial charge in [0.2, 0.25) is 0 Å². The van der Waals surface area contributed by atoms with Gasteiger partial charge in [-0.1, -0.05) is 24.3 Å². The summed E-state index contributed by atoms with van der Waals surface area (Å²) in [4.78, 5) is 0. The minimum absolute atomic E-state index is 0.217. The molecule has 0 aliphatic carbocycles. The van der Waals surface area contributed by atoms with E-state index in [9.17, 15) is 9.50 Å². The summed E-state index contributed by atoms with van der Waals surface area (Å²) in [6.45, 7) is 0. The molecule has 1 atom stereocenters. The summed E-state index contributed by atoms with van der Waals surface area (Å²) < 4.78 is 13.0. The van der Waals surface area contributed by atoms with Crippen LogP contribution in [0, 0.1) is 5.82 Å². The molecule has 17 heavy (non-hydrogen) atoms. The van der Waals surface area contributed by atoms with Crippen LogP contribution in [0.5, 0.6) is 5.75 Å². The van der Waals surface area contributed by atoms with Crippen molar-refractivity contribution in [3.63, 3.8) is 0 Å². The number of aromatic hydroxyl groups is 1. The highest BCUT2D eigenvalue weighted by Crippen LogP contribution is 2.19. The molecule has 88 valence electrons. The summed E-state index contributed by atoms with van der Waals surface area (Å²) in [5.74, 6) is -0.0669. The fourth-order valence-electron chi connectivity index (χ4n) is 1.79. The standard InChI is InChI=1S/C14H14FNO/c15-12-5-2-4-11(9-12)14(16)8-10-3-1-6-13(17)7-10/h1-7,9,14,17H,8,16H2.